The summed E-state index contributed by atoms with van der Waals surface area (Å²) in [6.07, 6.45) is 0.639. The van der Waals surface area contributed by atoms with Crippen molar-refractivity contribution in [2.24, 2.45) is 5.73 Å². The third-order valence-corrected chi connectivity index (χ3v) is 3.14. The predicted molar refractivity (Wildman–Crippen MR) is 94.5 cm³/mol. The van der Waals surface area contributed by atoms with Crippen LogP contribution in [0.15, 0.2) is 24.3 Å². The Bertz CT molecular complexity index is 552. The summed E-state index contributed by atoms with van der Waals surface area (Å²) < 4.78 is 15.3. The molecule has 3 N–H and O–H groups in total. The molecule has 0 fully saturated rings. The lowest BCUT2D eigenvalue weighted by molar-refractivity contribution is -0.142. The first-order valence-electron chi connectivity index (χ1n) is 8.23. The molecule has 25 heavy (non-hydrogen) atoms. The van der Waals surface area contributed by atoms with E-state index in [4.69, 9.17) is 15.2 Å². The molecular formula is C18H28N2O5. The van der Waals surface area contributed by atoms with E-state index >= 15 is 0 Å². The number of nitrogens with one attached hydrogen (secondary N) is 1. The molecular weight excluding hydrogens is 324 g/mol. The van der Waals surface area contributed by atoms with Crippen LogP contribution < -0.4 is 15.8 Å². The highest BCUT2D eigenvalue weighted by molar-refractivity contribution is 5.75. The maximum absolute atomic E-state index is 11.5. The Balaban J connectivity index is 2.26. The lowest BCUT2D eigenvalue weighted by atomic mass is 10.1. The van der Waals surface area contributed by atoms with E-state index in [1.54, 1.807) is 0 Å². The molecule has 1 aromatic carbocycles. The average Bonchev–Trinajstić information content (AvgIpc) is 2.53. The van der Waals surface area contributed by atoms with E-state index in [-0.39, 0.29) is 0 Å². The van der Waals surface area contributed by atoms with E-state index in [2.05, 4.69) is 10.1 Å². The molecule has 0 spiro atoms. The monoisotopic (exact) mass is 352 g/mol. The molecule has 0 radical (unpaired) electrons. The number of carbonyl (C=O) groups is 2. The van der Waals surface area contributed by atoms with Gasteiger partial charge in [-0.15, -0.1) is 0 Å². The number of nitrogens with two attached hydrogens (primary N) is 1. The number of hydrogen-bond donors (Lipinski definition) is 2. The molecule has 0 heterocycles. The number of benzene rings is 1. The lowest BCUT2D eigenvalue weighted by Gasteiger charge is -2.19. The van der Waals surface area contributed by atoms with Crippen LogP contribution in [0.2, 0.25) is 0 Å². The van der Waals surface area contributed by atoms with E-state index in [1.807, 2.05) is 45.0 Å². The Morgan fingerprint density at radius 3 is 2.40 bits per heavy atom. The maximum Gasteiger partial charge on any atom is 0.407 e. The first-order valence-corrected chi connectivity index (χ1v) is 8.23. The van der Waals surface area contributed by atoms with Gasteiger partial charge in [0.2, 0.25) is 0 Å². The molecule has 140 valence electrons. The topological polar surface area (TPSA) is 99.9 Å². The van der Waals surface area contributed by atoms with Crippen LogP contribution in [0.25, 0.3) is 0 Å². The second-order valence-electron chi connectivity index (χ2n) is 6.61. The Morgan fingerprint density at radius 2 is 1.84 bits per heavy atom. The molecule has 1 rings (SSSR count). The van der Waals surface area contributed by atoms with Gasteiger partial charge >= 0.3 is 12.1 Å². The summed E-state index contributed by atoms with van der Waals surface area (Å²) in [5.74, 6) is 0.283. The molecule has 0 aliphatic heterocycles. The fraction of sp³-hybridized carbons (Fsp3) is 0.556. The van der Waals surface area contributed by atoms with Gasteiger partial charge in [0.15, 0.2) is 0 Å². The van der Waals surface area contributed by atoms with Gasteiger partial charge in [-0.05, 0) is 51.3 Å². The lowest BCUT2D eigenvalue weighted by Crippen LogP contribution is -2.33. The number of ether oxygens (including phenoxy) is 3. The first kappa shape index (κ1) is 20.8. The third-order valence-electron chi connectivity index (χ3n) is 3.14. The van der Waals surface area contributed by atoms with Crippen LogP contribution in [-0.2, 0) is 20.7 Å². The minimum absolute atomic E-state index is 0.409. The Morgan fingerprint density at radius 1 is 1.20 bits per heavy atom. The molecule has 1 aromatic rings. The van der Waals surface area contributed by atoms with Gasteiger partial charge in [-0.2, -0.15) is 0 Å². The molecule has 0 aromatic heterocycles. The second kappa shape index (κ2) is 9.88. The maximum atomic E-state index is 11.5. The molecule has 0 bridgehead atoms. The van der Waals surface area contributed by atoms with Crippen LogP contribution in [0.1, 0.15) is 32.8 Å². The standard InChI is InChI=1S/C18H28N2O5/c1-18(2,3)25-17(22)20-10-5-11-24-14-8-6-13(7-9-14)12-15(19)16(21)23-4/h6-9,15H,5,10-12,19H2,1-4H3,(H,20,22)/t15-/m0/s1. The molecule has 0 unspecified atom stereocenters. The van der Waals surface area contributed by atoms with Gasteiger partial charge < -0.3 is 25.3 Å². The van der Waals surface area contributed by atoms with Crippen LogP contribution >= 0.6 is 0 Å². The Labute approximate surface area is 148 Å². The highest BCUT2D eigenvalue weighted by Gasteiger charge is 2.15. The summed E-state index contributed by atoms with van der Waals surface area (Å²) in [5, 5.41) is 2.67. The summed E-state index contributed by atoms with van der Waals surface area (Å²) in [6, 6.07) is 6.69. The molecule has 0 saturated carbocycles. The minimum atomic E-state index is -0.671. The van der Waals surface area contributed by atoms with Gasteiger partial charge in [-0.1, -0.05) is 12.1 Å². The van der Waals surface area contributed by atoms with Gasteiger partial charge in [-0.25, -0.2) is 4.79 Å². The van der Waals surface area contributed by atoms with Crippen molar-refractivity contribution in [2.75, 3.05) is 20.3 Å². The van der Waals surface area contributed by atoms with Crippen molar-refractivity contribution < 1.29 is 23.8 Å². The van der Waals surface area contributed by atoms with Crippen LogP contribution in [-0.4, -0.2) is 44.0 Å². The zero-order chi connectivity index (χ0) is 18.9. The zero-order valence-electron chi connectivity index (χ0n) is 15.3. The number of rotatable bonds is 8. The third kappa shape index (κ3) is 8.95. The fourth-order valence-electron chi connectivity index (χ4n) is 1.98. The predicted octanol–water partition coefficient (Wildman–Crippen LogP) is 2.02. The van der Waals surface area contributed by atoms with Crippen molar-refractivity contribution in [2.45, 2.75) is 45.3 Å². The molecule has 7 nitrogen and oxygen atoms in total. The quantitative estimate of drug-likeness (QED) is 0.548. The highest BCUT2D eigenvalue weighted by Crippen LogP contribution is 2.13. The van der Waals surface area contributed by atoms with Crippen molar-refractivity contribution in [3.8, 4) is 5.75 Å². The van der Waals surface area contributed by atoms with Crippen LogP contribution in [0.3, 0.4) is 0 Å². The normalized spacial score (nSPS) is 12.2. The van der Waals surface area contributed by atoms with Crippen LogP contribution in [0, 0.1) is 0 Å². The summed E-state index contributed by atoms with van der Waals surface area (Å²) in [4.78, 5) is 22.8. The second-order valence-corrected chi connectivity index (χ2v) is 6.61. The molecule has 7 heteroatoms. The number of alkyl carbamates (subject to hydrolysis) is 1. The number of esters is 1. The van der Waals surface area contributed by atoms with E-state index in [1.165, 1.54) is 7.11 Å². The summed E-state index contributed by atoms with van der Waals surface area (Å²) in [7, 11) is 1.32. The summed E-state index contributed by atoms with van der Waals surface area (Å²) in [6.45, 7) is 6.39. The van der Waals surface area contributed by atoms with E-state index in [0.717, 1.165) is 5.56 Å². The average molecular weight is 352 g/mol. The Hall–Kier alpha value is -2.28. The van der Waals surface area contributed by atoms with Gasteiger partial charge in [-0.3, -0.25) is 4.79 Å². The largest absolute Gasteiger partial charge is 0.494 e. The SMILES string of the molecule is COC(=O)[C@@H](N)Cc1ccc(OCCCNC(=O)OC(C)(C)C)cc1. The van der Waals surface area contributed by atoms with Crippen LogP contribution in [0.5, 0.6) is 5.75 Å². The van der Waals surface area contributed by atoms with Crippen molar-refractivity contribution in [3.05, 3.63) is 29.8 Å². The van der Waals surface area contributed by atoms with Crippen molar-refractivity contribution >= 4 is 12.1 Å². The molecule has 1 amide bonds. The summed E-state index contributed by atoms with van der Waals surface area (Å²) >= 11 is 0. The van der Waals surface area contributed by atoms with Gasteiger partial charge in [0, 0.05) is 6.54 Å². The van der Waals surface area contributed by atoms with Gasteiger partial charge in [0.25, 0.3) is 0 Å². The minimum Gasteiger partial charge on any atom is -0.494 e. The Kier molecular flexibility index (Phi) is 8.21. The molecule has 1 atom stereocenters. The van der Waals surface area contributed by atoms with E-state index in [9.17, 15) is 9.59 Å². The van der Waals surface area contributed by atoms with E-state index in [0.29, 0.717) is 31.7 Å². The summed E-state index contributed by atoms with van der Waals surface area (Å²) in [5.41, 5.74) is 6.15. The van der Waals surface area contributed by atoms with Crippen molar-refractivity contribution in [1.29, 1.82) is 0 Å². The zero-order valence-corrected chi connectivity index (χ0v) is 15.3. The van der Waals surface area contributed by atoms with Crippen molar-refractivity contribution in [1.82, 2.24) is 5.32 Å². The number of hydrogen-bond acceptors (Lipinski definition) is 6. The molecule has 0 saturated heterocycles. The number of carbonyl (C=O) groups excluding carboxylic acids is 2. The van der Waals surface area contributed by atoms with Crippen LogP contribution in [0.4, 0.5) is 4.79 Å². The van der Waals surface area contributed by atoms with Gasteiger partial charge in [0.05, 0.1) is 13.7 Å². The molecule has 0 aliphatic rings. The number of amides is 1. The van der Waals surface area contributed by atoms with Crippen molar-refractivity contribution in [3.63, 3.8) is 0 Å². The smallest absolute Gasteiger partial charge is 0.407 e. The van der Waals surface area contributed by atoms with Gasteiger partial charge in [0.1, 0.15) is 17.4 Å². The highest BCUT2D eigenvalue weighted by atomic mass is 16.6. The van der Waals surface area contributed by atoms with E-state index < -0.39 is 23.7 Å². The fourth-order valence-corrected chi connectivity index (χ4v) is 1.98. The molecule has 0 aliphatic carbocycles. The number of methoxy groups -OCH3 is 1. The first-order chi connectivity index (χ1) is 11.7.